The second-order valence-corrected chi connectivity index (χ2v) is 6.05. The van der Waals surface area contributed by atoms with Gasteiger partial charge in [0.25, 0.3) is 0 Å². The number of rotatable bonds is 7. The van der Waals surface area contributed by atoms with Gasteiger partial charge >= 0.3 is 0 Å². The highest BCUT2D eigenvalue weighted by Gasteiger charge is 2.33. The van der Waals surface area contributed by atoms with Gasteiger partial charge in [-0.2, -0.15) is 0 Å². The largest absolute Gasteiger partial charge is 0.385 e. The number of halogens is 1. The highest BCUT2D eigenvalue weighted by Crippen LogP contribution is 2.40. The third-order valence-electron chi connectivity index (χ3n) is 4.52. The van der Waals surface area contributed by atoms with E-state index in [1.165, 1.54) is 25.7 Å². The van der Waals surface area contributed by atoms with Crippen LogP contribution in [0.1, 0.15) is 37.8 Å². The molecule has 130 valence electrons. The molecule has 1 aliphatic carbocycles. The monoisotopic (exact) mass is 432 g/mol. The fraction of sp³-hybridized carbons (Fsp3) is 0.647. The third-order valence-corrected chi connectivity index (χ3v) is 4.52. The van der Waals surface area contributed by atoms with Gasteiger partial charge < -0.3 is 15.4 Å². The summed E-state index contributed by atoms with van der Waals surface area (Å²) in [6.07, 6.45) is 8.14. The summed E-state index contributed by atoms with van der Waals surface area (Å²) in [5.41, 5.74) is 1.37. The average Bonchev–Trinajstić information content (AvgIpc) is 3.03. The molecule has 6 heteroatoms. The summed E-state index contributed by atoms with van der Waals surface area (Å²) in [7, 11) is 3.59. The number of ether oxygens (including phenoxy) is 1. The molecule has 1 fully saturated rings. The molecule has 0 saturated heterocycles. The van der Waals surface area contributed by atoms with Crippen LogP contribution < -0.4 is 10.6 Å². The summed E-state index contributed by atoms with van der Waals surface area (Å²) >= 11 is 0. The van der Waals surface area contributed by atoms with Crippen LogP contribution in [0.5, 0.6) is 0 Å². The smallest absolute Gasteiger partial charge is 0.191 e. The number of pyridine rings is 1. The topological polar surface area (TPSA) is 58.5 Å². The molecule has 0 aliphatic heterocycles. The molecule has 2 rings (SSSR count). The Hall–Kier alpha value is -0.890. The van der Waals surface area contributed by atoms with E-state index < -0.39 is 0 Å². The third kappa shape index (κ3) is 6.63. The van der Waals surface area contributed by atoms with Gasteiger partial charge in [0, 0.05) is 33.5 Å². The van der Waals surface area contributed by atoms with Gasteiger partial charge in [-0.3, -0.25) is 9.98 Å². The molecule has 0 unspecified atom stereocenters. The van der Waals surface area contributed by atoms with Crippen LogP contribution in [0.2, 0.25) is 0 Å². The van der Waals surface area contributed by atoms with Crippen molar-refractivity contribution < 1.29 is 4.74 Å². The summed E-state index contributed by atoms with van der Waals surface area (Å²) in [6, 6.07) is 5.94. The van der Waals surface area contributed by atoms with Crippen molar-refractivity contribution in [2.75, 3.05) is 27.3 Å². The van der Waals surface area contributed by atoms with Gasteiger partial charge in [-0.15, -0.1) is 24.0 Å². The Balaban J connectivity index is 0.00000264. The van der Waals surface area contributed by atoms with E-state index in [9.17, 15) is 0 Å². The fourth-order valence-electron chi connectivity index (χ4n) is 3.13. The Morgan fingerprint density at radius 2 is 2.09 bits per heavy atom. The standard InChI is InChI=1S/C17H28N4O.HI/c1-18-16(20-13-15-7-3-6-11-19-15)21-14-17(10-12-22-2)8-4-5-9-17;/h3,6-7,11H,4-5,8-10,12-14H2,1-2H3,(H2,18,20,21);1H. The molecule has 1 aromatic rings. The van der Waals surface area contributed by atoms with E-state index in [2.05, 4.69) is 20.6 Å². The normalized spacial score (nSPS) is 16.7. The molecule has 5 nitrogen and oxygen atoms in total. The Bertz CT molecular complexity index is 461. The van der Waals surface area contributed by atoms with Crippen LogP contribution in [0.3, 0.4) is 0 Å². The van der Waals surface area contributed by atoms with Crippen molar-refractivity contribution in [3.8, 4) is 0 Å². The molecule has 0 amide bonds. The van der Waals surface area contributed by atoms with E-state index in [4.69, 9.17) is 4.74 Å². The number of methoxy groups -OCH3 is 1. The molecule has 1 heterocycles. The van der Waals surface area contributed by atoms with Crippen molar-refractivity contribution in [1.29, 1.82) is 0 Å². The summed E-state index contributed by atoms with van der Waals surface area (Å²) in [5.74, 6) is 0.842. The lowest BCUT2D eigenvalue weighted by molar-refractivity contribution is 0.138. The van der Waals surface area contributed by atoms with Crippen molar-refractivity contribution in [2.24, 2.45) is 10.4 Å². The molecular formula is C17H29IN4O. The Kier molecular flexibility index (Phi) is 9.47. The maximum atomic E-state index is 5.29. The molecule has 2 N–H and O–H groups in total. The van der Waals surface area contributed by atoms with Crippen LogP contribution in [-0.2, 0) is 11.3 Å². The van der Waals surface area contributed by atoms with Crippen LogP contribution in [0.15, 0.2) is 29.4 Å². The Morgan fingerprint density at radius 1 is 1.30 bits per heavy atom. The van der Waals surface area contributed by atoms with Crippen molar-refractivity contribution in [2.45, 2.75) is 38.6 Å². The van der Waals surface area contributed by atoms with Crippen LogP contribution in [-0.4, -0.2) is 38.3 Å². The minimum Gasteiger partial charge on any atom is -0.385 e. The summed E-state index contributed by atoms with van der Waals surface area (Å²) in [4.78, 5) is 8.63. The van der Waals surface area contributed by atoms with Crippen LogP contribution in [0.25, 0.3) is 0 Å². The number of aliphatic imine (C=N–C) groups is 1. The van der Waals surface area contributed by atoms with E-state index >= 15 is 0 Å². The highest BCUT2D eigenvalue weighted by molar-refractivity contribution is 14.0. The molecular weight excluding hydrogens is 403 g/mol. The summed E-state index contributed by atoms with van der Waals surface area (Å²) in [5, 5.41) is 6.82. The lowest BCUT2D eigenvalue weighted by Crippen LogP contribution is -2.43. The van der Waals surface area contributed by atoms with E-state index in [0.717, 1.165) is 31.2 Å². The van der Waals surface area contributed by atoms with Gasteiger partial charge in [0.15, 0.2) is 5.96 Å². The zero-order valence-electron chi connectivity index (χ0n) is 14.2. The first kappa shape index (κ1) is 20.2. The van der Waals surface area contributed by atoms with Gasteiger partial charge in [0.1, 0.15) is 0 Å². The zero-order valence-corrected chi connectivity index (χ0v) is 16.5. The highest BCUT2D eigenvalue weighted by atomic mass is 127. The number of guanidine groups is 1. The van der Waals surface area contributed by atoms with Gasteiger partial charge in [-0.05, 0) is 36.8 Å². The lowest BCUT2D eigenvalue weighted by atomic mass is 9.83. The summed E-state index contributed by atoms with van der Waals surface area (Å²) < 4.78 is 5.29. The van der Waals surface area contributed by atoms with Gasteiger partial charge in [0.2, 0.25) is 0 Å². The lowest BCUT2D eigenvalue weighted by Gasteiger charge is -2.29. The molecule has 0 spiro atoms. The number of nitrogens with zero attached hydrogens (tertiary/aromatic N) is 2. The molecule has 0 radical (unpaired) electrons. The molecule has 0 aromatic carbocycles. The minimum absolute atomic E-state index is 0. The second kappa shape index (κ2) is 10.8. The van der Waals surface area contributed by atoms with Gasteiger partial charge in [0.05, 0.1) is 12.2 Å². The molecule has 23 heavy (non-hydrogen) atoms. The maximum absolute atomic E-state index is 5.29. The van der Waals surface area contributed by atoms with Crippen molar-refractivity contribution >= 4 is 29.9 Å². The van der Waals surface area contributed by atoms with E-state index in [1.807, 2.05) is 31.4 Å². The first-order valence-corrected chi connectivity index (χ1v) is 8.11. The molecule has 0 atom stereocenters. The van der Waals surface area contributed by atoms with Crippen LogP contribution in [0.4, 0.5) is 0 Å². The SMILES string of the molecule is CN=C(NCc1ccccn1)NCC1(CCOC)CCCC1.I. The zero-order chi connectivity index (χ0) is 15.7. The predicted octanol–water partition coefficient (Wildman–Crippen LogP) is 2.96. The van der Waals surface area contributed by atoms with E-state index in [0.29, 0.717) is 12.0 Å². The predicted molar refractivity (Wildman–Crippen MR) is 105 cm³/mol. The average molecular weight is 432 g/mol. The number of aromatic nitrogens is 1. The fourth-order valence-corrected chi connectivity index (χ4v) is 3.13. The van der Waals surface area contributed by atoms with Crippen molar-refractivity contribution in [3.63, 3.8) is 0 Å². The van der Waals surface area contributed by atoms with Gasteiger partial charge in [-0.1, -0.05) is 18.9 Å². The van der Waals surface area contributed by atoms with Crippen LogP contribution >= 0.6 is 24.0 Å². The number of hydrogen-bond acceptors (Lipinski definition) is 3. The Morgan fingerprint density at radius 3 is 2.70 bits per heavy atom. The van der Waals surface area contributed by atoms with E-state index in [1.54, 1.807) is 7.11 Å². The number of nitrogens with one attached hydrogen (secondary N) is 2. The number of hydrogen-bond donors (Lipinski definition) is 2. The Labute approximate surface area is 156 Å². The second-order valence-electron chi connectivity index (χ2n) is 6.05. The van der Waals surface area contributed by atoms with E-state index in [-0.39, 0.29) is 24.0 Å². The first-order valence-electron chi connectivity index (χ1n) is 8.11. The quantitative estimate of drug-likeness (QED) is 0.395. The minimum atomic E-state index is 0. The van der Waals surface area contributed by atoms with Gasteiger partial charge in [-0.25, -0.2) is 0 Å². The van der Waals surface area contributed by atoms with Crippen molar-refractivity contribution in [1.82, 2.24) is 15.6 Å². The van der Waals surface area contributed by atoms with Crippen LogP contribution in [0, 0.1) is 5.41 Å². The molecule has 1 aromatic heterocycles. The molecule has 1 saturated carbocycles. The van der Waals surface area contributed by atoms with Crippen molar-refractivity contribution in [3.05, 3.63) is 30.1 Å². The molecule has 1 aliphatic rings. The summed E-state index contributed by atoms with van der Waals surface area (Å²) in [6.45, 7) is 2.48. The maximum Gasteiger partial charge on any atom is 0.191 e. The molecule has 0 bridgehead atoms. The first-order chi connectivity index (χ1) is 10.8.